The Kier molecular flexibility index (Phi) is 4.12. The number of hydroxylamine groups is 1. The molecule has 25 heavy (non-hydrogen) atoms. The van der Waals surface area contributed by atoms with E-state index in [1.807, 2.05) is 36.5 Å². The van der Waals surface area contributed by atoms with Crippen molar-refractivity contribution in [3.05, 3.63) is 53.5 Å². The Balaban J connectivity index is 1.45. The second-order valence-corrected chi connectivity index (χ2v) is 6.61. The molecule has 0 spiro atoms. The number of nitrogens with one attached hydrogen (secondary N) is 1. The number of hydrogen-bond acceptors (Lipinski definition) is 6. The van der Waals surface area contributed by atoms with Crippen molar-refractivity contribution in [3.63, 3.8) is 0 Å². The van der Waals surface area contributed by atoms with E-state index in [-0.39, 0.29) is 6.10 Å². The van der Waals surface area contributed by atoms with E-state index in [1.165, 1.54) is 11.3 Å². The summed E-state index contributed by atoms with van der Waals surface area (Å²) in [5.41, 5.74) is 2.39. The molecule has 3 heterocycles. The lowest BCUT2D eigenvalue weighted by molar-refractivity contribution is 0.0711. The first kappa shape index (κ1) is 15.7. The number of carbonyl (C=O) groups is 1. The molecule has 1 atom stereocenters. The second kappa shape index (κ2) is 6.58. The van der Waals surface area contributed by atoms with Crippen LogP contribution in [0.15, 0.2) is 48.7 Å². The number of hydrogen-bond donors (Lipinski definition) is 2. The van der Waals surface area contributed by atoms with Gasteiger partial charge in [0, 0.05) is 6.20 Å². The third-order valence-corrected chi connectivity index (χ3v) is 4.89. The molecule has 0 aliphatic carbocycles. The van der Waals surface area contributed by atoms with Gasteiger partial charge in [-0.25, -0.2) is 5.48 Å². The largest absolute Gasteiger partial charge is 0.486 e. The molecule has 1 amide bonds. The molecule has 0 fully saturated rings. The lowest BCUT2D eigenvalue weighted by Gasteiger charge is -2.26. The zero-order chi connectivity index (χ0) is 17.2. The molecule has 2 aromatic heterocycles. The Bertz CT molecular complexity index is 905. The van der Waals surface area contributed by atoms with E-state index in [4.69, 9.17) is 14.7 Å². The van der Waals surface area contributed by atoms with Crippen molar-refractivity contribution in [2.75, 3.05) is 6.61 Å². The van der Waals surface area contributed by atoms with Crippen molar-refractivity contribution in [2.45, 2.75) is 12.6 Å². The standard InChI is InChI=1S/C17H15N3O4S/c21-17(19-22)16-6-5-15(25-16)12-7-8-20(18-12)9-11-10-23-13-3-1-2-4-14(13)24-11/h1-8,11,22H,9-10H2,(H,19,21)/t11-/m1/s1. The Morgan fingerprint density at radius 1 is 1.28 bits per heavy atom. The predicted molar refractivity (Wildman–Crippen MR) is 91.1 cm³/mol. The molecule has 2 N–H and O–H groups in total. The maximum absolute atomic E-state index is 11.4. The molecule has 0 bridgehead atoms. The molecule has 0 unspecified atom stereocenters. The number of thiophene rings is 1. The molecule has 1 aliphatic heterocycles. The van der Waals surface area contributed by atoms with Crippen molar-refractivity contribution in [1.29, 1.82) is 0 Å². The van der Waals surface area contributed by atoms with Gasteiger partial charge in [-0.3, -0.25) is 14.7 Å². The summed E-state index contributed by atoms with van der Waals surface area (Å²) in [6.07, 6.45) is 1.74. The van der Waals surface area contributed by atoms with Crippen LogP contribution < -0.4 is 15.0 Å². The quantitative estimate of drug-likeness (QED) is 0.554. The van der Waals surface area contributed by atoms with Gasteiger partial charge in [-0.2, -0.15) is 5.10 Å². The Hall–Kier alpha value is -2.84. The zero-order valence-corrected chi connectivity index (χ0v) is 13.9. The summed E-state index contributed by atoms with van der Waals surface area (Å²) in [6.45, 7) is 1.02. The van der Waals surface area contributed by atoms with Gasteiger partial charge < -0.3 is 9.47 Å². The zero-order valence-electron chi connectivity index (χ0n) is 13.1. The summed E-state index contributed by atoms with van der Waals surface area (Å²) in [5, 5.41) is 13.2. The number of fused-ring (bicyclic) bond motifs is 1. The van der Waals surface area contributed by atoms with Crippen molar-refractivity contribution in [2.24, 2.45) is 0 Å². The molecule has 4 rings (SSSR count). The highest BCUT2D eigenvalue weighted by Gasteiger charge is 2.21. The van der Waals surface area contributed by atoms with Gasteiger partial charge in [0.05, 0.1) is 16.3 Å². The highest BCUT2D eigenvalue weighted by atomic mass is 32.1. The molecular weight excluding hydrogens is 342 g/mol. The van der Waals surface area contributed by atoms with Gasteiger partial charge in [-0.15, -0.1) is 11.3 Å². The van der Waals surface area contributed by atoms with Crippen LogP contribution >= 0.6 is 11.3 Å². The van der Waals surface area contributed by atoms with Crippen LogP contribution in [0.4, 0.5) is 0 Å². The average molecular weight is 357 g/mol. The van der Waals surface area contributed by atoms with E-state index in [0.717, 1.165) is 22.1 Å². The van der Waals surface area contributed by atoms with E-state index < -0.39 is 5.91 Å². The summed E-state index contributed by atoms with van der Waals surface area (Å²) in [5.74, 6) is 0.972. The summed E-state index contributed by atoms with van der Waals surface area (Å²) in [4.78, 5) is 12.7. The minimum Gasteiger partial charge on any atom is -0.486 e. The second-order valence-electron chi connectivity index (χ2n) is 5.53. The van der Waals surface area contributed by atoms with Gasteiger partial charge in [0.2, 0.25) is 0 Å². The molecule has 8 heteroatoms. The number of rotatable bonds is 4. The topological polar surface area (TPSA) is 85.6 Å². The highest BCUT2D eigenvalue weighted by Crippen LogP contribution is 2.31. The third-order valence-electron chi connectivity index (χ3n) is 3.78. The monoisotopic (exact) mass is 357 g/mol. The number of carbonyl (C=O) groups excluding carboxylic acids is 1. The van der Waals surface area contributed by atoms with E-state index >= 15 is 0 Å². The van der Waals surface area contributed by atoms with Crippen molar-refractivity contribution in [3.8, 4) is 22.1 Å². The molecule has 0 saturated heterocycles. The van der Waals surface area contributed by atoms with Gasteiger partial charge in [0.15, 0.2) is 17.6 Å². The van der Waals surface area contributed by atoms with Gasteiger partial charge in [-0.1, -0.05) is 12.1 Å². The van der Waals surface area contributed by atoms with Crippen LogP contribution in [0.3, 0.4) is 0 Å². The van der Waals surface area contributed by atoms with E-state index in [0.29, 0.717) is 18.0 Å². The SMILES string of the molecule is O=C(NO)c1ccc(-c2ccn(C[C@@H]3COc4ccccc4O3)n2)s1. The molecule has 3 aromatic rings. The third kappa shape index (κ3) is 3.21. The first-order valence-corrected chi connectivity index (χ1v) is 8.51. The summed E-state index contributed by atoms with van der Waals surface area (Å²) < 4.78 is 13.4. The van der Waals surface area contributed by atoms with Crippen LogP contribution in [0.5, 0.6) is 11.5 Å². The smallest absolute Gasteiger partial charge is 0.284 e. The summed E-state index contributed by atoms with van der Waals surface area (Å²) in [7, 11) is 0. The maximum Gasteiger partial charge on any atom is 0.284 e. The van der Waals surface area contributed by atoms with E-state index in [9.17, 15) is 4.79 Å². The molecule has 0 saturated carbocycles. The first-order chi connectivity index (χ1) is 12.2. The number of benzene rings is 1. The lowest BCUT2D eigenvalue weighted by atomic mass is 10.2. The number of ether oxygens (including phenoxy) is 2. The molecule has 1 aromatic carbocycles. The normalized spacial score (nSPS) is 15.8. The molecule has 128 valence electrons. The van der Waals surface area contributed by atoms with Crippen LogP contribution in [0, 0.1) is 0 Å². The fourth-order valence-corrected chi connectivity index (χ4v) is 3.47. The minimum absolute atomic E-state index is 0.123. The predicted octanol–water partition coefficient (Wildman–Crippen LogP) is 2.57. The average Bonchev–Trinajstić information content (AvgIpc) is 3.30. The Labute approximate surface area is 147 Å². The molecule has 0 radical (unpaired) electrons. The van der Waals surface area contributed by atoms with Crippen LogP contribution in [-0.4, -0.2) is 33.6 Å². The lowest BCUT2D eigenvalue weighted by Crippen LogP contribution is -2.33. The van der Waals surface area contributed by atoms with Crippen molar-refractivity contribution < 1.29 is 19.5 Å². The van der Waals surface area contributed by atoms with Gasteiger partial charge in [0.1, 0.15) is 12.3 Å². The van der Waals surface area contributed by atoms with E-state index in [1.54, 1.807) is 22.3 Å². The minimum atomic E-state index is -0.526. The van der Waals surface area contributed by atoms with Crippen LogP contribution in [-0.2, 0) is 6.54 Å². The molecule has 7 nitrogen and oxygen atoms in total. The number of amides is 1. The number of para-hydroxylation sites is 2. The van der Waals surface area contributed by atoms with Gasteiger partial charge in [0.25, 0.3) is 5.91 Å². The van der Waals surface area contributed by atoms with Crippen LogP contribution in [0.25, 0.3) is 10.6 Å². The van der Waals surface area contributed by atoms with Gasteiger partial charge >= 0.3 is 0 Å². The van der Waals surface area contributed by atoms with Crippen molar-refractivity contribution in [1.82, 2.24) is 15.3 Å². The maximum atomic E-state index is 11.4. The molecule has 1 aliphatic rings. The van der Waals surface area contributed by atoms with E-state index in [2.05, 4.69) is 5.10 Å². The summed E-state index contributed by atoms with van der Waals surface area (Å²) in [6, 6.07) is 12.9. The fourth-order valence-electron chi connectivity index (χ4n) is 2.61. The molecular formula is C17H15N3O4S. The Morgan fingerprint density at radius 2 is 2.12 bits per heavy atom. The van der Waals surface area contributed by atoms with Crippen LogP contribution in [0.1, 0.15) is 9.67 Å². The van der Waals surface area contributed by atoms with Crippen molar-refractivity contribution >= 4 is 17.2 Å². The number of nitrogens with zero attached hydrogens (tertiary/aromatic N) is 2. The number of aromatic nitrogens is 2. The fraction of sp³-hybridized carbons (Fsp3) is 0.176. The summed E-state index contributed by atoms with van der Waals surface area (Å²) >= 11 is 1.26. The highest BCUT2D eigenvalue weighted by molar-refractivity contribution is 7.17. The van der Waals surface area contributed by atoms with Gasteiger partial charge in [-0.05, 0) is 30.3 Å². The first-order valence-electron chi connectivity index (χ1n) is 7.69. The Morgan fingerprint density at radius 3 is 2.96 bits per heavy atom. The van der Waals surface area contributed by atoms with Crippen LogP contribution in [0.2, 0.25) is 0 Å².